The van der Waals surface area contributed by atoms with E-state index < -0.39 is 61.3 Å². The molecule has 1 N–H and O–H groups in total. The van der Waals surface area contributed by atoms with Crippen LogP contribution < -0.4 is 5.32 Å². The molecular weight excluding hydrogens is 592 g/mol. The number of aromatic nitrogens is 2. The number of nitrogens with zero attached hydrogens (tertiary/aromatic N) is 3. The van der Waals surface area contributed by atoms with Crippen molar-refractivity contribution in [3.63, 3.8) is 0 Å². The second-order valence-corrected chi connectivity index (χ2v) is 10.5. The number of alkyl halides is 6. The lowest BCUT2D eigenvalue weighted by molar-refractivity contribution is -0.159. The van der Waals surface area contributed by atoms with Crippen LogP contribution in [0.1, 0.15) is 37.9 Å². The molecule has 5 nitrogen and oxygen atoms in total. The summed E-state index contributed by atoms with van der Waals surface area (Å²) < 4.78 is 98.9. The number of hydrogen-bond acceptors (Lipinski definition) is 6. The molecule has 2 aromatic heterocycles. The smallest absolute Gasteiger partial charge is 0.344 e. The van der Waals surface area contributed by atoms with Crippen molar-refractivity contribution < 1.29 is 35.5 Å². The molecule has 1 amide bonds. The Bertz CT molecular complexity index is 1360. The quantitative estimate of drug-likeness (QED) is 0.190. The molecule has 1 atom stereocenters. The van der Waals surface area contributed by atoms with E-state index >= 15 is 0 Å². The maximum atomic E-state index is 14.3. The fraction of sp³-hybridized carbons (Fsp3) is 0.238. The lowest BCUT2D eigenvalue weighted by Gasteiger charge is -2.30. The lowest BCUT2D eigenvalue weighted by atomic mass is 9.91. The maximum Gasteiger partial charge on any atom is 0.418 e. The Balaban J connectivity index is 1.68. The normalized spacial score (nSPS) is 18.1. The number of carbonyl (C=O) groups excluding carboxylic acids is 1. The van der Waals surface area contributed by atoms with Gasteiger partial charge in [-0.1, -0.05) is 23.2 Å². The molecule has 1 unspecified atom stereocenters. The van der Waals surface area contributed by atoms with Crippen LogP contribution in [-0.4, -0.2) is 27.8 Å². The summed E-state index contributed by atoms with van der Waals surface area (Å²) >= 11 is 11.8. The highest BCUT2D eigenvalue weighted by atomic mass is 35.5. The van der Waals surface area contributed by atoms with Crippen molar-refractivity contribution in [3.05, 3.63) is 79.2 Å². The van der Waals surface area contributed by atoms with Gasteiger partial charge >= 0.3 is 12.4 Å². The summed E-state index contributed by atoms with van der Waals surface area (Å²) in [6, 6.07) is 3.59. The second-order valence-electron chi connectivity index (χ2n) is 7.58. The predicted octanol–water partition coefficient (Wildman–Crippen LogP) is 7.23. The van der Waals surface area contributed by atoms with E-state index in [0.717, 1.165) is 12.1 Å². The molecule has 4 rings (SSSR count). The number of thiophene rings is 1. The minimum atomic E-state index is -4.98. The Morgan fingerprint density at radius 2 is 1.68 bits per heavy atom. The van der Waals surface area contributed by atoms with Crippen LogP contribution in [0.3, 0.4) is 0 Å². The van der Waals surface area contributed by atoms with Crippen molar-refractivity contribution in [2.24, 2.45) is 4.40 Å². The standard InChI is InChI=1S/C21H11Cl2F7N4OS2/c22-11-4-9(5-12(23)16(11)24)19(21(28,29)30)7-13(34-37-19)14-6-10(20(25,26)27)17(36-14)18(35)33-8-15-31-2-1-3-32-15/h1-6H,7-8H2,(H,33,35). The van der Waals surface area contributed by atoms with Crippen molar-refractivity contribution in [1.82, 2.24) is 15.3 Å². The topological polar surface area (TPSA) is 67.2 Å². The zero-order valence-electron chi connectivity index (χ0n) is 17.8. The SMILES string of the molecule is O=C(NCc1ncccn1)c1sc(C2=NSC(c3cc(Cl)c(F)c(Cl)c3)(C(F)(F)F)C2)cc1C(F)(F)F. The minimum absolute atomic E-state index is 0.0462. The molecule has 0 saturated carbocycles. The molecule has 3 heterocycles. The van der Waals surface area contributed by atoms with Gasteiger partial charge in [0, 0.05) is 18.8 Å². The summed E-state index contributed by atoms with van der Waals surface area (Å²) in [6.07, 6.45) is -8.11. The molecule has 0 fully saturated rings. The monoisotopic (exact) mass is 602 g/mol. The highest BCUT2D eigenvalue weighted by Gasteiger charge is 2.60. The van der Waals surface area contributed by atoms with Gasteiger partial charge in [-0.25, -0.2) is 18.8 Å². The number of carbonyl (C=O) groups is 1. The van der Waals surface area contributed by atoms with Crippen molar-refractivity contribution in [2.75, 3.05) is 0 Å². The molecular formula is C21H11Cl2F7N4OS2. The summed E-state index contributed by atoms with van der Waals surface area (Å²) in [5, 5.41) is 0.961. The van der Waals surface area contributed by atoms with Gasteiger partial charge in [0.15, 0.2) is 10.6 Å². The van der Waals surface area contributed by atoms with E-state index in [9.17, 15) is 35.5 Å². The number of hydrogen-bond donors (Lipinski definition) is 1. The zero-order valence-corrected chi connectivity index (χ0v) is 21.0. The van der Waals surface area contributed by atoms with Crippen LogP contribution in [-0.2, 0) is 17.5 Å². The van der Waals surface area contributed by atoms with E-state index in [0.29, 0.717) is 17.4 Å². The number of rotatable bonds is 5. The predicted molar refractivity (Wildman–Crippen MR) is 125 cm³/mol. The van der Waals surface area contributed by atoms with Gasteiger partial charge in [-0.2, -0.15) is 26.3 Å². The highest BCUT2D eigenvalue weighted by Crippen LogP contribution is 2.57. The number of benzene rings is 1. The van der Waals surface area contributed by atoms with Crippen molar-refractivity contribution in [1.29, 1.82) is 0 Å². The average Bonchev–Trinajstić information content (AvgIpc) is 3.47. The summed E-state index contributed by atoms with van der Waals surface area (Å²) in [7, 11) is 0. The van der Waals surface area contributed by atoms with Gasteiger partial charge in [0.25, 0.3) is 5.91 Å². The molecule has 1 aliphatic heterocycles. The average molecular weight is 603 g/mol. The van der Waals surface area contributed by atoms with Gasteiger partial charge in [-0.15, -0.1) is 11.3 Å². The van der Waals surface area contributed by atoms with Crippen LogP contribution in [0.2, 0.25) is 10.0 Å². The van der Waals surface area contributed by atoms with Gasteiger partial charge in [0.05, 0.1) is 32.7 Å². The first-order valence-electron chi connectivity index (χ1n) is 9.95. The first-order valence-corrected chi connectivity index (χ1v) is 12.3. The Morgan fingerprint density at radius 3 is 2.24 bits per heavy atom. The van der Waals surface area contributed by atoms with Crippen LogP contribution in [0.15, 0.2) is 41.1 Å². The van der Waals surface area contributed by atoms with E-state index in [1.54, 1.807) is 0 Å². The Labute approximate surface area is 222 Å². The third-order valence-corrected chi connectivity index (χ3v) is 8.16. The molecule has 1 aromatic carbocycles. The number of amides is 1. The second kappa shape index (κ2) is 10.0. The van der Waals surface area contributed by atoms with Gasteiger partial charge in [-0.05, 0) is 41.8 Å². The first-order chi connectivity index (χ1) is 17.2. The Hall–Kier alpha value is -2.42. The number of halogens is 9. The van der Waals surface area contributed by atoms with Crippen LogP contribution in [0.4, 0.5) is 30.7 Å². The fourth-order valence-electron chi connectivity index (χ4n) is 3.40. The van der Waals surface area contributed by atoms with Crippen LogP contribution in [0.25, 0.3) is 0 Å². The van der Waals surface area contributed by atoms with Crippen LogP contribution >= 0.6 is 46.5 Å². The highest BCUT2D eigenvalue weighted by molar-refractivity contribution is 7.99. The molecule has 0 radical (unpaired) electrons. The van der Waals surface area contributed by atoms with E-state index in [4.69, 9.17) is 23.2 Å². The van der Waals surface area contributed by atoms with Crippen LogP contribution in [0, 0.1) is 5.82 Å². The molecule has 37 heavy (non-hydrogen) atoms. The first kappa shape index (κ1) is 27.6. The van der Waals surface area contributed by atoms with E-state index in [1.807, 2.05) is 0 Å². The Morgan fingerprint density at radius 1 is 1.05 bits per heavy atom. The molecule has 3 aromatic rings. The summed E-state index contributed by atoms with van der Waals surface area (Å²) in [4.78, 5) is 19.2. The largest absolute Gasteiger partial charge is 0.418 e. The summed E-state index contributed by atoms with van der Waals surface area (Å²) in [6.45, 7) is -0.274. The van der Waals surface area contributed by atoms with Crippen molar-refractivity contribution >= 4 is 58.1 Å². The maximum absolute atomic E-state index is 14.3. The molecule has 0 aliphatic carbocycles. The molecule has 0 saturated heterocycles. The molecule has 16 heteroatoms. The zero-order chi connectivity index (χ0) is 27.2. The fourth-order valence-corrected chi connectivity index (χ4v) is 5.98. The third-order valence-electron chi connectivity index (χ3n) is 5.19. The third kappa shape index (κ3) is 5.42. The summed E-state index contributed by atoms with van der Waals surface area (Å²) in [5.41, 5.74) is -2.18. The molecule has 196 valence electrons. The van der Waals surface area contributed by atoms with Crippen molar-refractivity contribution in [2.45, 2.75) is 30.1 Å². The van der Waals surface area contributed by atoms with Crippen molar-refractivity contribution in [3.8, 4) is 0 Å². The number of nitrogens with one attached hydrogen (secondary N) is 1. The van der Waals surface area contributed by atoms with Gasteiger partial charge in [-0.3, -0.25) is 4.79 Å². The Kier molecular flexibility index (Phi) is 7.49. The molecule has 0 bridgehead atoms. The van der Waals surface area contributed by atoms with Gasteiger partial charge in [0.1, 0.15) is 10.7 Å². The van der Waals surface area contributed by atoms with E-state index in [1.165, 1.54) is 18.5 Å². The minimum Gasteiger partial charge on any atom is -0.344 e. The molecule has 0 spiro atoms. The van der Waals surface area contributed by atoms with Gasteiger partial charge < -0.3 is 5.32 Å². The van der Waals surface area contributed by atoms with Gasteiger partial charge in [0.2, 0.25) is 0 Å². The lowest BCUT2D eigenvalue weighted by Crippen LogP contribution is -2.38. The molecule has 1 aliphatic rings. The van der Waals surface area contributed by atoms with E-state index in [-0.39, 0.29) is 34.9 Å². The van der Waals surface area contributed by atoms with E-state index in [2.05, 4.69) is 19.7 Å². The van der Waals surface area contributed by atoms with Crippen LogP contribution in [0.5, 0.6) is 0 Å². The summed E-state index contributed by atoms with van der Waals surface area (Å²) in [5.74, 6) is -2.08.